The first-order valence-electron chi connectivity index (χ1n) is 5.98. The molecule has 4 N–H and O–H groups in total. The summed E-state index contributed by atoms with van der Waals surface area (Å²) >= 11 is 1.30. The van der Waals surface area contributed by atoms with Crippen LogP contribution in [-0.4, -0.2) is 48.5 Å². The highest BCUT2D eigenvalue weighted by molar-refractivity contribution is 7.18. The van der Waals surface area contributed by atoms with Crippen LogP contribution in [0.2, 0.25) is 0 Å². The van der Waals surface area contributed by atoms with Gasteiger partial charge in [-0.05, 0) is 6.42 Å². The minimum absolute atomic E-state index is 0.161. The summed E-state index contributed by atoms with van der Waals surface area (Å²) < 4.78 is 0. The number of aromatic nitrogens is 1. The van der Waals surface area contributed by atoms with E-state index in [4.69, 9.17) is 17.9 Å². The van der Waals surface area contributed by atoms with Crippen LogP contribution in [0.5, 0.6) is 0 Å². The normalized spacial score (nSPS) is 18.4. The Morgan fingerprint density at radius 1 is 1.74 bits per heavy atom. The molecule has 102 valence electrons. The van der Waals surface area contributed by atoms with Crippen LogP contribution in [-0.2, 0) is 0 Å². The second kappa shape index (κ2) is 5.47. The van der Waals surface area contributed by atoms with Crippen LogP contribution in [0.1, 0.15) is 16.1 Å². The molecule has 1 aromatic rings. The summed E-state index contributed by atoms with van der Waals surface area (Å²) in [5.74, 6) is 2.49. The third kappa shape index (κ3) is 2.80. The quantitative estimate of drug-likeness (QED) is 0.758. The maximum atomic E-state index is 12.1. The molecule has 19 heavy (non-hydrogen) atoms. The Hall–Kier alpha value is -1.78. The molecule has 2 rings (SSSR count). The van der Waals surface area contributed by atoms with Gasteiger partial charge in [-0.2, -0.15) is 0 Å². The summed E-state index contributed by atoms with van der Waals surface area (Å²) in [5.41, 5.74) is 11.7. The number of terminal acetylenes is 1. The van der Waals surface area contributed by atoms with E-state index in [1.54, 1.807) is 7.05 Å². The molecule has 6 nitrogen and oxygen atoms in total. The highest BCUT2D eigenvalue weighted by Crippen LogP contribution is 2.30. The van der Waals surface area contributed by atoms with E-state index in [0.29, 0.717) is 4.88 Å². The first kappa shape index (κ1) is 13.6. The maximum absolute atomic E-state index is 12.1. The summed E-state index contributed by atoms with van der Waals surface area (Å²) in [6, 6.07) is 0.161. The predicted molar refractivity (Wildman–Crippen MR) is 77.1 cm³/mol. The summed E-state index contributed by atoms with van der Waals surface area (Å²) in [5, 5.41) is 0.753. The van der Waals surface area contributed by atoms with Crippen molar-refractivity contribution in [2.24, 2.45) is 5.73 Å². The lowest BCUT2D eigenvalue weighted by Crippen LogP contribution is -2.26. The van der Waals surface area contributed by atoms with Crippen LogP contribution in [0.4, 0.5) is 10.9 Å². The van der Waals surface area contributed by atoms with E-state index in [-0.39, 0.29) is 24.3 Å². The van der Waals surface area contributed by atoms with Crippen molar-refractivity contribution in [1.82, 2.24) is 9.88 Å². The van der Waals surface area contributed by atoms with Crippen LogP contribution in [0.15, 0.2) is 0 Å². The number of carbonyl (C=O) groups excluding carboxylic acids is 1. The minimum Gasteiger partial charge on any atom is -0.382 e. The van der Waals surface area contributed by atoms with E-state index in [2.05, 4.69) is 15.8 Å². The Labute approximate surface area is 116 Å². The summed E-state index contributed by atoms with van der Waals surface area (Å²) in [6.07, 6.45) is 6.12. The molecule has 1 atom stereocenters. The molecule has 1 aromatic heterocycles. The van der Waals surface area contributed by atoms with Crippen molar-refractivity contribution in [3.8, 4) is 12.3 Å². The number of nitrogens with two attached hydrogens (primary N) is 2. The number of amides is 1. The fourth-order valence-corrected chi connectivity index (χ4v) is 2.97. The van der Waals surface area contributed by atoms with Gasteiger partial charge in [0.05, 0.1) is 6.54 Å². The number of anilines is 2. The Balaban J connectivity index is 2.17. The van der Waals surface area contributed by atoms with E-state index in [1.165, 1.54) is 16.2 Å². The Morgan fingerprint density at radius 3 is 3.05 bits per heavy atom. The number of nitrogens with zero attached hydrogens (tertiary/aromatic N) is 3. The second-order valence-corrected chi connectivity index (χ2v) is 5.55. The number of rotatable bonds is 3. The number of hydrogen-bond donors (Lipinski definition) is 2. The predicted octanol–water partition coefficient (Wildman–Crippen LogP) is -0.0321. The van der Waals surface area contributed by atoms with Crippen molar-refractivity contribution in [3.05, 3.63) is 4.88 Å². The van der Waals surface area contributed by atoms with E-state index >= 15 is 0 Å². The van der Waals surface area contributed by atoms with Crippen molar-refractivity contribution in [3.63, 3.8) is 0 Å². The fraction of sp³-hybridized carbons (Fsp3) is 0.500. The average molecular weight is 279 g/mol. The van der Waals surface area contributed by atoms with E-state index in [9.17, 15) is 4.79 Å². The molecule has 1 fully saturated rings. The first-order chi connectivity index (χ1) is 9.02. The number of hydrogen-bond acceptors (Lipinski definition) is 6. The zero-order valence-corrected chi connectivity index (χ0v) is 11.6. The van der Waals surface area contributed by atoms with Gasteiger partial charge in [0.2, 0.25) is 0 Å². The van der Waals surface area contributed by atoms with Crippen LogP contribution in [0, 0.1) is 12.3 Å². The first-order valence-corrected chi connectivity index (χ1v) is 6.80. The molecule has 0 saturated carbocycles. The lowest BCUT2D eigenvalue weighted by molar-refractivity contribution is 0.0818. The van der Waals surface area contributed by atoms with Crippen molar-refractivity contribution in [2.45, 2.75) is 12.5 Å². The zero-order chi connectivity index (χ0) is 14.0. The van der Waals surface area contributed by atoms with Gasteiger partial charge < -0.3 is 21.3 Å². The summed E-state index contributed by atoms with van der Waals surface area (Å²) in [4.78, 5) is 20.3. The lowest BCUT2D eigenvalue weighted by Gasteiger charge is -2.13. The molecule has 0 aromatic carbocycles. The van der Waals surface area contributed by atoms with E-state index in [1.807, 2.05) is 0 Å². The van der Waals surface area contributed by atoms with Crippen LogP contribution in [0.25, 0.3) is 0 Å². The van der Waals surface area contributed by atoms with E-state index in [0.717, 1.165) is 24.6 Å². The molecular weight excluding hydrogens is 262 g/mol. The third-order valence-electron chi connectivity index (χ3n) is 3.01. The highest BCUT2D eigenvalue weighted by Gasteiger charge is 2.25. The largest absolute Gasteiger partial charge is 0.382 e. The van der Waals surface area contributed by atoms with Crippen molar-refractivity contribution in [2.75, 3.05) is 37.3 Å². The van der Waals surface area contributed by atoms with Crippen molar-refractivity contribution < 1.29 is 4.79 Å². The summed E-state index contributed by atoms with van der Waals surface area (Å²) in [6.45, 7) is 1.85. The van der Waals surface area contributed by atoms with Gasteiger partial charge in [0.25, 0.3) is 5.91 Å². The highest BCUT2D eigenvalue weighted by atomic mass is 32.1. The van der Waals surface area contributed by atoms with Crippen LogP contribution >= 0.6 is 11.3 Å². The molecule has 0 bridgehead atoms. The number of nitrogen functional groups attached to an aromatic ring is 1. The lowest BCUT2D eigenvalue weighted by atomic mass is 10.3. The summed E-state index contributed by atoms with van der Waals surface area (Å²) in [7, 11) is 1.65. The molecule has 1 unspecified atom stereocenters. The monoisotopic (exact) mass is 279 g/mol. The van der Waals surface area contributed by atoms with Gasteiger partial charge in [0.15, 0.2) is 5.13 Å². The topological polar surface area (TPSA) is 88.5 Å². The molecule has 1 amide bonds. The van der Waals surface area contributed by atoms with Crippen molar-refractivity contribution in [1.29, 1.82) is 0 Å². The molecule has 1 aliphatic rings. The SMILES string of the molecule is C#CCN(C)C(=O)c1sc(N2CCC(N)C2)nc1N. The fourth-order valence-electron chi connectivity index (χ4n) is 1.95. The van der Waals surface area contributed by atoms with Crippen molar-refractivity contribution >= 4 is 28.2 Å². The number of carbonyl (C=O) groups is 1. The Bertz CT molecular complexity index is 521. The van der Waals surface area contributed by atoms with Gasteiger partial charge in [-0.1, -0.05) is 17.3 Å². The molecule has 0 spiro atoms. The maximum Gasteiger partial charge on any atom is 0.268 e. The van der Waals surface area contributed by atoms with Gasteiger partial charge in [-0.25, -0.2) is 4.98 Å². The molecule has 1 saturated heterocycles. The standard InChI is InChI=1S/C12H17N5OS/c1-3-5-16(2)11(18)9-10(14)15-12(19-9)17-6-4-8(13)7-17/h1,8H,4-7,13-14H2,2H3. The average Bonchev–Trinajstić information content (AvgIpc) is 2.95. The Kier molecular flexibility index (Phi) is 3.93. The number of thiazole rings is 1. The van der Waals surface area contributed by atoms with Gasteiger partial charge in [-0.3, -0.25) is 4.79 Å². The van der Waals surface area contributed by atoms with Gasteiger partial charge in [-0.15, -0.1) is 6.42 Å². The molecular formula is C12H17N5OS. The molecule has 0 radical (unpaired) electrons. The molecule has 0 aliphatic carbocycles. The van der Waals surface area contributed by atoms with Crippen LogP contribution in [0.3, 0.4) is 0 Å². The Morgan fingerprint density at radius 2 is 2.47 bits per heavy atom. The van der Waals surface area contributed by atoms with E-state index < -0.39 is 0 Å². The zero-order valence-electron chi connectivity index (χ0n) is 10.8. The minimum atomic E-state index is -0.192. The molecule has 1 aliphatic heterocycles. The third-order valence-corrected chi connectivity index (χ3v) is 4.13. The van der Waals surface area contributed by atoms with Crippen LogP contribution < -0.4 is 16.4 Å². The van der Waals surface area contributed by atoms with Gasteiger partial charge >= 0.3 is 0 Å². The molecule has 2 heterocycles. The molecule has 7 heteroatoms. The second-order valence-electron chi connectivity index (χ2n) is 4.57. The van der Waals surface area contributed by atoms with Gasteiger partial charge in [0.1, 0.15) is 10.7 Å². The van der Waals surface area contributed by atoms with Gasteiger partial charge in [0, 0.05) is 26.2 Å². The smallest absolute Gasteiger partial charge is 0.268 e.